The van der Waals surface area contributed by atoms with Crippen molar-refractivity contribution < 1.29 is 9.59 Å². The summed E-state index contributed by atoms with van der Waals surface area (Å²) in [6.07, 6.45) is 6.73. The van der Waals surface area contributed by atoms with E-state index >= 15 is 0 Å². The van der Waals surface area contributed by atoms with Crippen molar-refractivity contribution in [3.63, 3.8) is 0 Å². The normalized spacial score (nSPS) is 15.9. The molecule has 0 aromatic carbocycles. The van der Waals surface area contributed by atoms with Crippen molar-refractivity contribution in [1.29, 1.82) is 0 Å². The van der Waals surface area contributed by atoms with Gasteiger partial charge in [0.15, 0.2) is 0 Å². The van der Waals surface area contributed by atoms with Gasteiger partial charge in [0, 0.05) is 19.6 Å². The van der Waals surface area contributed by atoms with Crippen LogP contribution in [0.2, 0.25) is 0 Å². The third kappa shape index (κ3) is 4.99. The summed E-state index contributed by atoms with van der Waals surface area (Å²) in [5.41, 5.74) is 5.37. The van der Waals surface area contributed by atoms with Crippen LogP contribution in [-0.4, -0.2) is 42.9 Å². The molecule has 1 aliphatic heterocycles. The minimum Gasteiger partial charge on any atom is -0.347 e. The monoisotopic (exact) mass is 297 g/mol. The molecule has 0 saturated carbocycles. The summed E-state index contributed by atoms with van der Waals surface area (Å²) in [7, 11) is 0. The Bertz CT molecular complexity index is 332. The van der Waals surface area contributed by atoms with Crippen molar-refractivity contribution in [2.24, 2.45) is 11.1 Å². The first-order valence-electron chi connectivity index (χ1n) is 8.35. The van der Waals surface area contributed by atoms with E-state index in [4.69, 9.17) is 5.73 Å². The van der Waals surface area contributed by atoms with Gasteiger partial charge >= 0.3 is 0 Å². The molecule has 5 nitrogen and oxygen atoms in total. The Balaban J connectivity index is 2.54. The number of likely N-dealkylation sites (tertiary alicyclic amines) is 1. The summed E-state index contributed by atoms with van der Waals surface area (Å²) in [4.78, 5) is 26.5. The van der Waals surface area contributed by atoms with Crippen LogP contribution in [0.3, 0.4) is 0 Å². The summed E-state index contributed by atoms with van der Waals surface area (Å²) in [6.45, 7) is 6.21. The fourth-order valence-corrected chi connectivity index (χ4v) is 3.20. The third-order valence-corrected chi connectivity index (χ3v) is 4.44. The maximum Gasteiger partial charge on any atom is 0.241 e. The zero-order valence-electron chi connectivity index (χ0n) is 13.6. The fourth-order valence-electron chi connectivity index (χ4n) is 3.20. The van der Waals surface area contributed by atoms with Crippen LogP contribution in [0.4, 0.5) is 0 Å². The first kappa shape index (κ1) is 18.0. The van der Waals surface area contributed by atoms with E-state index in [9.17, 15) is 9.59 Å². The Labute approximate surface area is 128 Å². The summed E-state index contributed by atoms with van der Waals surface area (Å²) < 4.78 is 0. The standard InChI is InChI=1S/C16H31N3O2/c1-3-8-16(13-17,9-4-2)15(21)18-12-14(20)19-10-6-5-7-11-19/h3-13,17H2,1-2H3,(H,18,21). The predicted octanol–water partition coefficient (Wildman–Crippen LogP) is 1.66. The van der Waals surface area contributed by atoms with E-state index in [1.807, 2.05) is 4.90 Å². The summed E-state index contributed by atoms with van der Waals surface area (Å²) in [6, 6.07) is 0. The van der Waals surface area contributed by atoms with Gasteiger partial charge in [-0.15, -0.1) is 0 Å². The number of carbonyl (C=O) groups excluding carboxylic acids is 2. The summed E-state index contributed by atoms with van der Waals surface area (Å²) in [5, 5.41) is 2.83. The summed E-state index contributed by atoms with van der Waals surface area (Å²) in [5.74, 6) is -0.0268. The molecule has 122 valence electrons. The molecule has 0 unspecified atom stereocenters. The molecule has 0 bridgehead atoms. The van der Waals surface area contributed by atoms with Gasteiger partial charge in [0.2, 0.25) is 11.8 Å². The topological polar surface area (TPSA) is 75.4 Å². The highest BCUT2D eigenvalue weighted by Gasteiger charge is 2.35. The lowest BCUT2D eigenvalue weighted by Gasteiger charge is -2.31. The summed E-state index contributed by atoms with van der Waals surface area (Å²) >= 11 is 0. The highest BCUT2D eigenvalue weighted by atomic mass is 16.2. The lowest BCUT2D eigenvalue weighted by molar-refractivity contribution is -0.137. The average molecular weight is 297 g/mol. The highest BCUT2D eigenvalue weighted by molar-refractivity contribution is 5.88. The van der Waals surface area contributed by atoms with Crippen LogP contribution in [0.5, 0.6) is 0 Å². The van der Waals surface area contributed by atoms with Crippen molar-refractivity contribution in [3.05, 3.63) is 0 Å². The zero-order valence-corrected chi connectivity index (χ0v) is 13.6. The number of piperidine rings is 1. The van der Waals surface area contributed by atoms with E-state index in [1.165, 1.54) is 6.42 Å². The molecule has 1 rings (SSSR count). The molecular formula is C16H31N3O2. The molecule has 1 heterocycles. The first-order chi connectivity index (χ1) is 10.1. The van der Waals surface area contributed by atoms with E-state index in [-0.39, 0.29) is 18.4 Å². The number of amides is 2. The Morgan fingerprint density at radius 3 is 2.14 bits per heavy atom. The van der Waals surface area contributed by atoms with Crippen LogP contribution in [-0.2, 0) is 9.59 Å². The molecule has 0 aromatic rings. The second-order valence-corrected chi connectivity index (χ2v) is 6.11. The Morgan fingerprint density at radius 1 is 1.10 bits per heavy atom. The molecule has 0 radical (unpaired) electrons. The van der Waals surface area contributed by atoms with Crippen molar-refractivity contribution >= 4 is 11.8 Å². The molecule has 1 aliphatic rings. The molecule has 2 amide bonds. The van der Waals surface area contributed by atoms with Crippen molar-refractivity contribution in [2.75, 3.05) is 26.2 Å². The Hall–Kier alpha value is -1.10. The number of rotatable bonds is 8. The van der Waals surface area contributed by atoms with Crippen LogP contribution in [0.25, 0.3) is 0 Å². The number of nitrogens with two attached hydrogens (primary N) is 1. The molecule has 5 heteroatoms. The third-order valence-electron chi connectivity index (χ3n) is 4.44. The van der Waals surface area contributed by atoms with Gasteiger partial charge in [-0.1, -0.05) is 26.7 Å². The van der Waals surface area contributed by atoms with Gasteiger partial charge < -0.3 is 16.0 Å². The van der Waals surface area contributed by atoms with Gasteiger partial charge in [-0.3, -0.25) is 9.59 Å². The highest BCUT2D eigenvalue weighted by Crippen LogP contribution is 2.29. The van der Waals surface area contributed by atoms with E-state index in [1.54, 1.807) is 0 Å². The van der Waals surface area contributed by atoms with E-state index in [0.717, 1.165) is 51.6 Å². The first-order valence-corrected chi connectivity index (χ1v) is 8.35. The minimum absolute atomic E-state index is 0.0296. The quantitative estimate of drug-likeness (QED) is 0.715. The van der Waals surface area contributed by atoms with Gasteiger partial charge in [0.05, 0.1) is 12.0 Å². The molecular weight excluding hydrogens is 266 g/mol. The number of nitrogens with one attached hydrogen (secondary N) is 1. The van der Waals surface area contributed by atoms with Gasteiger partial charge in [0.1, 0.15) is 0 Å². The van der Waals surface area contributed by atoms with E-state index in [0.29, 0.717) is 6.54 Å². The largest absolute Gasteiger partial charge is 0.347 e. The van der Waals surface area contributed by atoms with Crippen molar-refractivity contribution in [1.82, 2.24) is 10.2 Å². The number of nitrogens with zero attached hydrogens (tertiary/aromatic N) is 1. The van der Waals surface area contributed by atoms with E-state index in [2.05, 4.69) is 19.2 Å². The van der Waals surface area contributed by atoms with Crippen LogP contribution >= 0.6 is 0 Å². The van der Waals surface area contributed by atoms with Crippen LogP contribution in [0, 0.1) is 5.41 Å². The smallest absolute Gasteiger partial charge is 0.241 e. The van der Waals surface area contributed by atoms with Gasteiger partial charge in [0.25, 0.3) is 0 Å². The molecule has 0 aromatic heterocycles. The second kappa shape index (κ2) is 9.03. The SMILES string of the molecule is CCCC(CN)(CCC)C(=O)NCC(=O)N1CCCCC1. The second-order valence-electron chi connectivity index (χ2n) is 6.11. The molecule has 3 N–H and O–H groups in total. The lowest BCUT2D eigenvalue weighted by Crippen LogP contribution is -2.49. The van der Waals surface area contributed by atoms with Crippen LogP contribution in [0.15, 0.2) is 0 Å². The Morgan fingerprint density at radius 2 is 1.67 bits per heavy atom. The maximum absolute atomic E-state index is 12.5. The molecule has 1 fully saturated rings. The van der Waals surface area contributed by atoms with Gasteiger partial charge in [-0.2, -0.15) is 0 Å². The number of carbonyl (C=O) groups is 2. The van der Waals surface area contributed by atoms with Gasteiger partial charge in [-0.25, -0.2) is 0 Å². The number of hydrogen-bond donors (Lipinski definition) is 2. The number of hydrogen-bond acceptors (Lipinski definition) is 3. The molecule has 1 saturated heterocycles. The average Bonchev–Trinajstić information content (AvgIpc) is 2.52. The minimum atomic E-state index is -0.508. The van der Waals surface area contributed by atoms with Crippen LogP contribution in [0.1, 0.15) is 58.8 Å². The van der Waals surface area contributed by atoms with Crippen molar-refractivity contribution in [2.45, 2.75) is 58.8 Å². The molecule has 21 heavy (non-hydrogen) atoms. The van der Waals surface area contributed by atoms with Crippen molar-refractivity contribution in [3.8, 4) is 0 Å². The van der Waals surface area contributed by atoms with E-state index < -0.39 is 5.41 Å². The zero-order chi connectivity index (χ0) is 15.7. The van der Waals surface area contributed by atoms with Gasteiger partial charge in [-0.05, 0) is 32.1 Å². The predicted molar refractivity (Wildman–Crippen MR) is 84.7 cm³/mol. The lowest BCUT2D eigenvalue weighted by atomic mass is 9.78. The molecule has 0 atom stereocenters. The fraction of sp³-hybridized carbons (Fsp3) is 0.875. The maximum atomic E-state index is 12.5. The molecule has 0 aliphatic carbocycles. The van der Waals surface area contributed by atoms with Crippen LogP contribution < -0.4 is 11.1 Å². The Kier molecular flexibility index (Phi) is 7.72. The molecule has 0 spiro atoms.